The molecule has 0 radical (unpaired) electrons. The molecule has 0 aliphatic heterocycles. The van der Waals surface area contributed by atoms with Crippen molar-refractivity contribution in [3.8, 4) is 0 Å². The minimum absolute atomic E-state index is 0.924. The highest BCUT2D eigenvalue weighted by Crippen LogP contribution is 1.97. The van der Waals surface area contributed by atoms with Crippen molar-refractivity contribution in [1.82, 2.24) is 0 Å². The van der Waals surface area contributed by atoms with E-state index in [9.17, 15) is 0 Å². The van der Waals surface area contributed by atoms with Crippen LogP contribution in [0.3, 0.4) is 0 Å². The zero-order valence-corrected chi connectivity index (χ0v) is 7.02. The van der Waals surface area contributed by atoms with E-state index in [1.807, 2.05) is 33.1 Å². The highest BCUT2D eigenvalue weighted by Gasteiger charge is 1.81. The minimum atomic E-state index is 0.924. The molecule has 0 fully saturated rings. The molecule has 0 rings (SSSR count). The Bertz CT molecular complexity index is 164. The summed E-state index contributed by atoms with van der Waals surface area (Å²) in [7, 11) is 0. The topological polar surface area (TPSA) is 12.4 Å². The van der Waals surface area contributed by atoms with Crippen LogP contribution in [0.1, 0.15) is 27.2 Å². The van der Waals surface area contributed by atoms with Gasteiger partial charge in [-0.2, -0.15) is 0 Å². The second kappa shape index (κ2) is 4.98. The number of hydrogen-bond acceptors (Lipinski definition) is 1. The molecule has 10 heavy (non-hydrogen) atoms. The second-order valence-corrected chi connectivity index (χ2v) is 2.21. The van der Waals surface area contributed by atoms with Gasteiger partial charge in [0.15, 0.2) is 0 Å². The molecule has 0 spiro atoms. The SMILES string of the molecule is C=C(CC)N=C/C(C)=C\C. The summed E-state index contributed by atoms with van der Waals surface area (Å²) < 4.78 is 0. The van der Waals surface area contributed by atoms with Crippen LogP contribution in [0.2, 0.25) is 0 Å². The third-order valence-electron chi connectivity index (χ3n) is 1.31. The van der Waals surface area contributed by atoms with Crippen LogP contribution < -0.4 is 0 Å². The third kappa shape index (κ3) is 4.07. The van der Waals surface area contributed by atoms with Gasteiger partial charge in [-0.15, -0.1) is 0 Å². The number of nitrogens with zero attached hydrogens (tertiary/aromatic N) is 1. The van der Waals surface area contributed by atoms with Crippen molar-refractivity contribution in [2.24, 2.45) is 4.99 Å². The molecule has 56 valence electrons. The Balaban J connectivity index is 3.88. The van der Waals surface area contributed by atoms with E-state index in [2.05, 4.69) is 11.6 Å². The van der Waals surface area contributed by atoms with Crippen LogP contribution in [0.15, 0.2) is 28.9 Å². The van der Waals surface area contributed by atoms with Crippen molar-refractivity contribution in [2.75, 3.05) is 0 Å². The first kappa shape index (κ1) is 9.15. The van der Waals surface area contributed by atoms with Gasteiger partial charge in [-0.25, -0.2) is 0 Å². The quantitative estimate of drug-likeness (QED) is 0.530. The van der Waals surface area contributed by atoms with Gasteiger partial charge in [0.1, 0.15) is 0 Å². The largest absolute Gasteiger partial charge is 0.262 e. The van der Waals surface area contributed by atoms with Crippen LogP contribution in [0.5, 0.6) is 0 Å². The third-order valence-corrected chi connectivity index (χ3v) is 1.31. The van der Waals surface area contributed by atoms with Crippen molar-refractivity contribution in [1.29, 1.82) is 0 Å². The Kier molecular flexibility index (Phi) is 4.55. The van der Waals surface area contributed by atoms with Crippen LogP contribution in [-0.2, 0) is 0 Å². The van der Waals surface area contributed by atoms with Crippen molar-refractivity contribution in [2.45, 2.75) is 27.2 Å². The maximum absolute atomic E-state index is 4.13. The van der Waals surface area contributed by atoms with E-state index >= 15 is 0 Å². The lowest BCUT2D eigenvalue weighted by Gasteiger charge is -1.91. The molecule has 0 aromatic heterocycles. The smallest absolute Gasteiger partial charge is 0.0329 e. The predicted molar refractivity (Wildman–Crippen MR) is 47.4 cm³/mol. The Morgan fingerprint density at radius 3 is 2.60 bits per heavy atom. The molecule has 0 aliphatic rings. The molecule has 1 nitrogen and oxygen atoms in total. The first-order valence-electron chi connectivity index (χ1n) is 3.55. The molecule has 0 atom stereocenters. The van der Waals surface area contributed by atoms with Crippen LogP contribution in [0.25, 0.3) is 0 Å². The second-order valence-electron chi connectivity index (χ2n) is 2.21. The fourth-order valence-corrected chi connectivity index (χ4v) is 0.359. The lowest BCUT2D eigenvalue weighted by atomic mass is 10.3. The highest BCUT2D eigenvalue weighted by molar-refractivity contribution is 5.78. The molecule has 1 heteroatoms. The summed E-state index contributed by atoms with van der Waals surface area (Å²) in [4.78, 5) is 4.13. The molecule has 0 unspecified atom stereocenters. The van der Waals surface area contributed by atoms with Gasteiger partial charge in [-0.3, -0.25) is 4.99 Å². The monoisotopic (exact) mass is 137 g/mol. The normalized spacial score (nSPS) is 12.5. The van der Waals surface area contributed by atoms with E-state index in [0.29, 0.717) is 0 Å². The molecule has 0 bridgehead atoms. The molecule has 0 aromatic rings. The molecule has 0 saturated heterocycles. The Morgan fingerprint density at radius 2 is 2.20 bits per heavy atom. The van der Waals surface area contributed by atoms with Gasteiger partial charge in [-0.1, -0.05) is 19.6 Å². The zero-order chi connectivity index (χ0) is 7.98. The highest BCUT2D eigenvalue weighted by atomic mass is 14.7. The molecule has 0 aromatic carbocycles. The van der Waals surface area contributed by atoms with E-state index in [0.717, 1.165) is 12.1 Å². The van der Waals surface area contributed by atoms with Gasteiger partial charge >= 0.3 is 0 Å². The first-order chi connectivity index (χ1) is 4.70. The van der Waals surface area contributed by atoms with Gasteiger partial charge < -0.3 is 0 Å². The van der Waals surface area contributed by atoms with E-state index in [4.69, 9.17) is 0 Å². The summed E-state index contributed by atoms with van der Waals surface area (Å²) in [5, 5.41) is 0. The van der Waals surface area contributed by atoms with Crippen molar-refractivity contribution in [3.05, 3.63) is 23.9 Å². The summed E-state index contributed by atoms with van der Waals surface area (Å²) in [5.74, 6) is 0. The maximum atomic E-state index is 4.13. The van der Waals surface area contributed by atoms with Gasteiger partial charge in [0.2, 0.25) is 0 Å². The number of allylic oxidation sites excluding steroid dienone is 3. The number of aliphatic imine (C=N–C) groups is 1. The molecule has 0 N–H and O–H groups in total. The average Bonchev–Trinajstić information content (AvgIpc) is 1.99. The van der Waals surface area contributed by atoms with E-state index in [-0.39, 0.29) is 0 Å². The molecule has 0 amide bonds. The van der Waals surface area contributed by atoms with Crippen molar-refractivity contribution in [3.63, 3.8) is 0 Å². The molecular formula is C9H15N. The van der Waals surface area contributed by atoms with Gasteiger partial charge in [0.25, 0.3) is 0 Å². The Labute approximate surface area is 63.2 Å². The fraction of sp³-hybridized carbons (Fsp3) is 0.444. The van der Waals surface area contributed by atoms with Crippen molar-refractivity contribution >= 4 is 6.21 Å². The lowest BCUT2D eigenvalue weighted by Crippen LogP contribution is -1.77. The summed E-state index contributed by atoms with van der Waals surface area (Å²) in [6.45, 7) is 9.82. The van der Waals surface area contributed by atoms with Gasteiger partial charge in [0, 0.05) is 11.9 Å². The standard InChI is InChI=1S/C9H15N/c1-5-8(3)7-10-9(4)6-2/h5,7H,4,6H2,1-3H3/b8-5-,10-7?. The zero-order valence-electron chi connectivity index (χ0n) is 7.02. The number of hydrogen-bond donors (Lipinski definition) is 0. The minimum Gasteiger partial charge on any atom is -0.262 e. The van der Waals surface area contributed by atoms with Crippen molar-refractivity contribution < 1.29 is 0 Å². The van der Waals surface area contributed by atoms with Crippen LogP contribution in [0.4, 0.5) is 0 Å². The molecule has 0 saturated carbocycles. The Hall–Kier alpha value is -0.850. The van der Waals surface area contributed by atoms with Gasteiger partial charge in [-0.05, 0) is 25.8 Å². The fourth-order valence-electron chi connectivity index (χ4n) is 0.359. The molecule has 0 heterocycles. The maximum Gasteiger partial charge on any atom is 0.0329 e. The van der Waals surface area contributed by atoms with Gasteiger partial charge in [0.05, 0.1) is 0 Å². The van der Waals surface area contributed by atoms with E-state index in [1.54, 1.807) is 0 Å². The van der Waals surface area contributed by atoms with E-state index in [1.165, 1.54) is 5.57 Å². The molecular weight excluding hydrogens is 122 g/mol. The lowest BCUT2D eigenvalue weighted by molar-refractivity contribution is 1.08. The Morgan fingerprint density at radius 1 is 1.60 bits per heavy atom. The average molecular weight is 137 g/mol. The van der Waals surface area contributed by atoms with Crippen LogP contribution in [-0.4, -0.2) is 6.21 Å². The molecule has 0 aliphatic carbocycles. The predicted octanol–water partition coefficient (Wildman–Crippen LogP) is 2.95. The summed E-state index contributed by atoms with van der Waals surface area (Å²) in [6, 6.07) is 0. The summed E-state index contributed by atoms with van der Waals surface area (Å²) in [6.07, 6.45) is 4.78. The number of rotatable bonds is 3. The first-order valence-corrected chi connectivity index (χ1v) is 3.55. The van der Waals surface area contributed by atoms with Crippen LogP contribution >= 0.6 is 0 Å². The van der Waals surface area contributed by atoms with E-state index < -0.39 is 0 Å². The summed E-state index contributed by atoms with van der Waals surface area (Å²) >= 11 is 0. The van der Waals surface area contributed by atoms with Crippen LogP contribution in [0, 0.1) is 0 Å². The summed E-state index contributed by atoms with van der Waals surface area (Å²) in [5.41, 5.74) is 2.11.